The third kappa shape index (κ3) is 2.27. The standard InChI is InChI=1S/C9H12O2/c1-2-3-5-8-6-4-7-11-9(8)10/h8H,4-7H2,1H3. The van der Waals surface area contributed by atoms with Crippen LogP contribution < -0.4 is 0 Å². The second-order valence-electron chi connectivity index (χ2n) is 2.64. The van der Waals surface area contributed by atoms with Crippen molar-refractivity contribution in [3.05, 3.63) is 0 Å². The van der Waals surface area contributed by atoms with Crippen molar-refractivity contribution in [3.63, 3.8) is 0 Å². The van der Waals surface area contributed by atoms with E-state index in [0.717, 1.165) is 12.8 Å². The summed E-state index contributed by atoms with van der Waals surface area (Å²) >= 11 is 0. The number of rotatable bonds is 1. The van der Waals surface area contributed by atoms with E-state index in [2.05, 4.69) is 11.8 Å². The molecule has 1 aliphatic heterocycles. The SMILES string of the molecule is CC#CCC1CCCOC1=O. The van der Waals surface area contributed by atoms with E-state index in [-0.39, 0.29) is 11.9 Å². The monoisotopic (exact) mass is 152 g/mol. The van der Waals surface area contributed by atoms with Gasteiger partial charge in [-0.05, 0) is 19.8 Å². The van der Waals surface area contributed by atoms with Crippen LogP contribution in [0.25, 0.3) is 0 Å². The summed E-state index contributed by atoms with van der Waals surface area (Å²) < 4.78 is 4.88. The normalized spacial score (nSPS) is 23.4. The Morgan fingerprint density at radius 1 is 1.73 bits per heavy atom. The molecule has 0 aromatic heterocycles. The highest BCUT2D eigenvalue weighted by Gasteiger charge is 2.22. The number of hydrogen-bond donors (Lipinski definition) is 0. The largest absolute Gasteiger partial charge is 0.465 e. The lowest BCUT2D eigenvalue weighted by molar-refractivity contribution is -0.152. The first-order valence-corrected chi connectivity index (χ1v) is 3.91. The van der Waals surface area contributed by atoms with Gasteiger partial charge in [-0.2, -0.15) is 0 Å². The molecule has 0 spiro atoms. The molecule has 0 aliphatic carbocycles. The summed E-state index contributed by atoms with van der Waals surface area (Å²) in [7, 11) is 0. The molecule has 0 bridgehead atoms. The summed E-state index contributed by atoms with van der Waals surface area (Å²) in [5.74, 6) is 5.64. The highest BCUT2D eigenvalue weighted by Crippen LogP contribution is 2.17. The van der Waals surface area contributed by atoms with Gasteiger partial charge in [-0.1, -0.05) is 0 Å². The number of ether oxygens (including phenoxy) is 1. The predicted molar refractivity (Wildman–Crippen MR) is 41.8 cm³/mol. The van der Waals surface area contributed by atoms with Crippen LogP contribution in [0.3, 0.4) is 0 Å². The van der Waals surface area contributed by atoms with E-state index in [1.54, 1.807) is 6.92 Å². The number of carbonyl (C=O) groups is 1. The molecule has 0 saturated carbocycles. The van der Waals surface area contributed by atoms with Gasteiger partial charge in [-0.15, -0.1) is 11.8 Å². The van der Waals surface area contributed by atoms with Gasteiger partial charge in [0.15, 0.2) is 0 Å². The molecule has 1 unspecified atom stereocenters. The highest BCUT2D eigenvalue weighted by molar-refractivity contribution is 5.73. The molecule has 0 radical (unpaired) electrons. The topological polar surface area (TPSA) is 26.3 Å². The van der Waals surface area contributed by atoms with E-state index in [0.29, 0.717) is 13.0 Å². The number of cyclic esters (lactones) is 1. The van der Waals surface area contributed by atoms with Crippen LogP contribution in [-0.2, 0) is 9.53 Å². The summed E-state index contributed by atoms with van der Waals surface area (Å²) in [6.07, 6.45) is 2.59. The molecule has 0 aromatic rings. The molecule has 0 amide bonds. The minimum absolute atomic E-state index is 0.0381. The van der Waals surface area contributed by atoms with Gasteiger partial charge in [-0.25, -0.2) is 0 Å². The summed E-state index contributed by atoms with van der Waals surface area (Å²) in [4.78, 5) is 11.0. The van der Waals surface area contributed by atoms with E-state index in [1.165, 1.54) is 0 Å². The molecule has 0 N–H and O–H groups in total. The first kappa shape index (κ1) is 8.13. The van der Waals surface area contributed by atoms with Crippen molar-refractivity contribution in [2.75, 3.05) is 6.61 Å². The summed E-state index contributed by atoms with van der Waals surface area (Å²) in [6.45, 7) is 2.38. The molecular weight excluding hydrogens is 140 g/mol. The minimum Gasteiger partial charge on any atom is -0.465 e. The molecule has 1 heterocycles. The first-order valence-electron chi connectivity index (χ1n) is 3.91. The van der Waals surface area contributed by atoms with Crippen LogP contribution in [0.4, 0.5) is 0 Å². The molecule has 1 atom stereocenters. The summed E-state index contributed by atoms with van der Waals surface area (Å²) in [5.41, 5.74) is 0. The fourth-order valence-corrected chi connectivity index (χ4v) is 1.15. The number of carbonyl (C=O) groups excluding carboxylic acids is 1. The van der Waals surface area contributed by atoms with Crippen LogP contribution in [0.5, 0.6) is 0 Å². The second-order valence-corrected chi connectivity index (χ2v) is 2.64. The third-order valence-corrected chi connectivity index (χ3v) is 1.80. The second kappa shape index (κ2) is 4.02. The highest BCUT2D eigenvalue weighted by atomic mass is 16.5. The van der Waals surface area contributed by atoms with Crippen molar-refractivity contribution in [1.29, 1.82) is 0 Å². The van der Waals surface area contributed by atoms with Gasteiger partial charge >= 0.3 is 5.97 Å². The van der Waals surface area contributed by atoms with Gasteiger partial charge in [0.1, 0.15) is 0 Å². The van der Waals surface area contributed by atoms with Crippen LogP contribution in [0.2, 0.25) is 0 Å². The zero-order valence-electron chi connectivity index (χ0n) is 6.72. The fraction of sp³-hybridized carbons (Fsp3) is 0.667. The number of hydrogen-bond acceptors (Lipinski definition) is 2. The van der Waals surface area contributed by atoms with E-state index >= 15 is 0 Å². The molecular formula is C9H12O2. The summed E-state index contributed by atoms with van der Waals surface area (Å²) in [5, 5.41) is 0. The van der Waals surface area contributed by atoms with E-state index < -0.39 is 0 Å². The quantitative estimate of drug-likeness (QED) is 0.419. The summed E-state index contributed by atoms with van der Waals surface area (Å²) in [6, 6.07) is 0. The molecule has 2 heteroatoms. The Morgan fingerprint density at radius 2 is 2.55 bits per heavy atom. The Hall–Kier alpha value is -0.970. The Labute approximate surface area is 66.9 Å². The van der Waals surface area contributed by atoms with Gasteiger partial charge in [0.05, 0.1) is 12.5 Å². The van der Waals surface area contributed by atoms with Gasteiger partial charge in [0.2, 0.25) is 0 Å². The van der Waals surface area contributed by atoms with Crippen LogP contribution in [0, 0.1) is 17.8 Å². The van der Waals surface area contributed by atoms with Crippen molar-refractivity contribution >= 4 is 5.97 Å². The van der Waals surface area contributed by atoms with E-state index in [9.17, 15) is 4.79 Å². The van der Waals surface area contributed by atoms with Gasteiger partial charge in [0, 0.05) is 6.42 Å². The fourth-order valence-electron chi connectivity index (χ4n) is 1.15. The maximum Gasteiger partial charge on any atom is 0.309 e. The molecule has 1 fully saturated rings. The van der Waals surface area contributed by atoms with Crippen molar-refractivity contribution in [3.8, 4) is 11.8 Å². The van der Waals surface area contributed by atoms with Crippen LogP contribution in [-0.4, -0.2) is 12.6 Å². The zero-order valence-corrected chi connectivity index (χ0v) is 6.72. The lowest BCUT2D eigenvalue weighted by Gasteiger charge is -2.18. The third-order valence-electron chi connectivity index (χ3n) is 1.80. The smallest absolute Gasteiger partial charge is 0.309 e. The van der Waals surface area contributed by atoms with Gasteiger partial charge < -0.3 is 4.74 Å². The minimum atomic E-state index is -0.0704. The van der Waals surface area contributed by atoms with Crippen LogP contribution >= 0.6 is 0 Å². The Morgan fingerprint density at radius 3 is 3.18 bits per heavy atom. The van der Waals surface area contributed by atoms with Gasteiger partial charge in [0.25, 0.3) is 0 Å². The lowest BCUT2D eigenvalue weighted by Crippen LogP contribution is -2.23. The van der Waals surface area contributed by atoms with Gasteiger partial charge in [-0.3, -0.25) is 4.79 Å². The average Bonchev–Trinajstić information content (AvgIpc) is 2.03. The Balaban J connectivity index is 2.39. The van der Waals surface area contributed by atoms with Crippen molar-refractivity contribution in [2.45, 2.75) is 26.2 Å². The van der Waals surface area contributed by atoms with E-state index in [4.69, 9.17) is 4.74 Å². The molecule has 1 rings (SSSR count). The molecule has 11 heavy (non-hydrogen) atoms. The Kier molecular flexibility index (Phi) is 2.97. The number of esters is 1. The van der Waals surface area contributed by atoms with Crippen molar-refractivity contribution in [2.24, 2.45) is 5.92 Å². The molecule has 2 nitrogen and oxygen atoms in total. The predicted octanol–water partition coefficient (Wildman–Crippen LogP) is 1.35. The Bertz CT molecular complexity index is 197. The first-order chi connectivity index (χ1) is 5.34. The molecule has 60 valence electrons. The maximum atomic E-state index is 11.0. The molecule has 0 aromatic carbocycles. The van der Waals surface area contributed by atoms with Crippen LogP contribution in [0.15, 0.2) is 0 Å². The average molecular weight is 152 g/mol. The molecule has 1 aliphatic rings. The lowest BCUT2D eigenvalue weighted by atomic mass is 9.98. The van der Waals surface area contributed by atoms with E-state index in [1.807, 2.05) is 0 Å². The van der Waals surface area contributed by atoms with Crippen molar-refractivity contribution in [1.82, 2.24) is 0 Å². The molecule has 1 saturated heterocycles. The van der Waals surface area contributed by atoms with Crippen LogP contribution in [0.1, 0.15) is 26.2 Å². The maximum absolute atomic E-state index is 11.0. The zero-order chi connectivity index (χ0) is 8.10. The van der Waals surface area contributed by atoms with Crippen molar-refractivity contribution < 1.29 is 9.53 Å².